The summed E-state index contributed by atoms with van der Waals surface area (Å²) in [6.07, 6.45) is 5.00. The van der Waals surface area contributed by atoms with Gasteiger partial charge in [0.2, 0.25) is 5.91 Å². The maximum absolute atomic E-state index is 13.2. The summed E-state index contributed by atoms with van der Waals surface area (Å²) in [7, 11) is -1.61. The second-order valence-electron chi connectivity index (χ2n) is 8.98. The maximum Gasteiger partial charge on any atom is 0.242 e. The Balaban J connectivity index is 1.32. The molecule has 34 heavy (non-hydrogen) atoms. The van der Waals surface area contributed by atoms with Gasteiger partial charge < -0.3 is 19.2 Å². The van der Waals surface area contributed by atoms with Crippen molar-refractivity contribution in [2.75, 3.05) is 26.5 Å². The molecular formula is C25H28N4O4S. The number of likely N-dealkylation sites (tertiary alicyclic amines) is 1. The van der Waals surface area contributed by atoms with Crippen LogP contribution in [0.3, 0.4) is 0 Å². The topological polar surface area (TPSA) is 97.3 Å². The highest BCUT2D eigenvalue weighted by Gasteiger charge is 2.27. The standard InChI is InChI=1S/C25H28N4O4S/c1-33-18-7-8-21-19(13-18)20(14-26-21)17-9-11-28(12-10-17)25(30)15-29-23-6-4-3-5-22(23)27-24(29)16-34(2,31)32/h3-8,13-14,17,26H,9-12,15-16H2,1-2H3. The molecule has 1 fully saturated rings. The summed E-state index contributed by atoms with van der Waals surface area (Å²) < 4.78 is 31.0. The van der Waals surface area contributed by atoms with E-state index < -0.39 is 9.84 Å². The zero-order valence-electron chi connectivity index (χ0n) is 19.3. The Morgan fingerprint density at radius 2 is 1.94 bits per heavy atom. The van der Waals surface area contributed by atoms with Crippen LogP contribution in [0.15, 0.2) is 48.7 Å². The number of H-pyrrole nitrogens is 1. The molecule has 0 saturated carbocycles. The summed E-state index contributed by atoms with van der Waals surface area (Å²) in [6.45, 7) is 1.41. The van der Waals surface area contributed by atoms with Gasteiger partial charge in [0.1, 0.15) is 23.9 Å². The summed E-state index contributed by atoms with van der Waals surface area (Å²) in [5.41, 5.74) is 3.82. The van der Waals surface area contributed by atoms with Crippen LogP contribution in [-0.4, -0.2) is 60.2 Å². The molecule has 1 amide bonds. The van der Waals surface area contributed by atoms with Crippen molar-refractivity contribution in [3.05, 3.63) is 60.0 Å². The molecule has 1 saturated heterocycles. The minimum atomic E-state index is -3.28. The second-order valence-corrected chi connectivity index (χ2v) is 11.1. The lowest BCUT2D eigenvalue weighted by molar-refractivity contribution is -0.132. The SMILES string of the molecule is COc1ccc2[nH]cc(C3CCN(C(=O)Cn4c(CS(C)(=O)=O)nc5ccccc54)CC3)c2c1. The number of nitrogens with one attached hydrogen (secondary N) is 1. The van der Waals surface area contributed by atoms with Gasteiger partial charge in [-0.15, -0.1) is 0 Å². The largest absolute Gasteiger partial charge is 0.497 e. The number of piperidine rings is 1. The van der Waals surface area contributed by atoms with Gasteiger partial charge in [0.25, 0.3) is 0 Å². The van der Waals surface area contributed by atoms with Crippen molar-refractivity contribution < 1.29 is 17.9 Å². The van der Waals surface area contributed by atoms with E-state index in [9.17, 15) is 13.2 Å². The monoisotopic (exact) mass is 480 g/mol. The number of methoxy groups -OCH3 is 1. The number of hydrogen-bond donors (Lipinski definition) is 1. The molecule has 0 unspecified atom stereocenters. The summed E-state index contributed by atoms with van der Waals surface area (Å²) >= 11 is 0. The first-order valence-electron chi connectivity index (χ1n) is 11.4. The van der Waals surface area contributed by atoms with Crippen molar-refractivity contribution in [2.24, 2.45) is 0 Å². The van der Waals surface area contributed by atoms with Gasteiger partial charge in [-0.25, -0.2) is 13.4 Å². The molecule has 0 bridgehead atoms. The number of carbonyl (C=O) groups excluding carboxylic acids is 1. The number of aromatic nitrogens is 3. The van der Waals surface area contributed by atoms with E-state index in [0.29, 0.717) is 30.3 Å². The minimum Gasteiger partial charge on any atom is -0.497 e. The van der Waals surface area contributed by atoms with Crippen LogP contribution >= 0.6 is 0 Å². The summed E-state index contributed by atoms with van der Waals surface area (Å²) in [6, 6.07) is 13.5. The van der Waals surface area contributed by atoms with Gasteiger partial charge in [-0.1, -0.05) is 12.1 Å². The molecule has 1 N–H and O–H groups in total. The number of aromatic amines is 1. The van der Waals surface area contributed by atoms with Gasteiger partial charge in [-0.2, -0.15) is 0 Å². The van der Waals surface area contributed by atoms with E-state index in [1.807, 2.05) is 41.3 Å². The smallest absolute Gasteiger partial charge is 0.242 e. The van der Waals surface area contributed by atoms with Crippen LogP contribution in [0, 0.1) is 0 Å². The Kier molecular flexibility index (Phi) is 5.81. The molecule has 5 rings (SSSR count). The van der Waals surface area contributed by atoms with E-state index in [2.05, 4.69) is 22.2 Å². The van der Waals surface area contributed by atoms with Gasteiger partial charge in [0.05, 0.1) is 18.1 Å². The molecule has 1 aliphatic rings. The van der Waals surface area contributed by atoms with E-state index in [4.69, 9.17) is 4.74 Å². The average Bonchev–Trinajstić information content (AvgIpc) is 3.39. The highest BCUT2D eigenvalue weighted by molar-refractivity contribution is 7.89. The van der Waals surface area contributed by atoms with Crippen LogP contribution in [-0.2, 0) is 26.9 Å². The molecule has 0 aliphatic carbocycles. The van der Waals surface area contributed by atoms with Crippen LogP contribution < -0.4 is 4.74 Å². The Morgan fingerprint density at radius 3 is 2.68 bits per heavy atom. The Hall–Kier alpha value is -3.33. The first-order chi connectivity index (χ1) is 16.3. The van der Waals surface area contributed by atoms with Crippen molar-refractivity contribution in [1.82, 2.24) is 19.4 Å². The molecule has 4 aromatic rings. The number of amides is 1. The van der Waals surface area contributed by atoms with Crippen LogP contribution in [0.2, 0.25) is 0 Å². The van der Waals surface area contributed by atoms with Gasteiger partial charge in [0.15, 0.2) is 9.84 Å². The molecule has 2 aromatic carbocycles. The molecular weight excluding hydrogens is 452 g/mol. The predicted molar refractivity (Wildman–Crippen MR) is 132 cm³/mol. The third-order valence-electron chi connectivity index (χ3n) is 6.63. The first-order valence-corrected chi connectivity index (χ1v) is 13.4. The predicted octanol–water partition coefficient (Wildman–Crippen LogP) is 3.48. The molecule has 3 heterocycles. The Labute approximate surface area is 198 Å². The van der Waals surface area contributed by atoms with Crippen molar-refractivity contribution in [3.8, 4) is 5.75 Å². The molecule has 8 nitrogen and oxygen atoms in total. The van der Waals surface area contributed by atoms with Gasteiger partial charge in [-0.05, 0) is 54.7 Å². The lowest BCUT2D eigenvalue weighted by atomic mass is 9.89. The third kappa shape index (κ3) is 4.40. The Bertz CT molecular complexity index is 1460. The quantitative estimate of drug-likeness (QED) is 0.456. The highest BCUT2D eigenvalue weighted by Crippen LogP contribution is 2.34. The third-order valence-corrected chi connectivity index (χ3v) is 7.41. The lowest BCUT2D eigenvalue weighted by Crippen LogP contribution is -2.40. The Morgan fingerprint density at radius 1 is 1.18 bits per heavy atom. The van der Waals surface area contributed by atoms with Gasteiger partial charge >= 0.3 is 0 Å². The van der Waals surface area contributed by atoms with Crippen LogP contribution in [0.25, 0.3) is 21.9 Å². The van der Waals surface area contributed by atoms with Crippen molar-refractivity contribution >= 4 is 37.7 Å². The molecule has 2 aromatic heterocycles. The van der Waals surface area contributed by atoms with Crippen molar-refractivity contribution in [2.45, 2.75) is 31.1 Å². The van der Waals surface area contributed by atoms with Crippen molar-refractivity contribution in [3.63, 3.8) is 0 Å². The molecule has 9 heteroatoms. The molecule has 0 atom stereocenters. The van der Waals surface area contributed by atoms with E-state index in [-0.39, 0.29) is 18.2 Å². The zero-order chi connectivity index (χ0) is 23.9. The minimum absolute atomic E-state index is 0.0167. The van der Waals surface area contributed by atoms with Crippen LogP contribution in [0.5, 0.6) is 5.75 Å². The van der Waals surface area contributed by atoms with Gasteiger partial charge in [0, 0.05) is 36.4 Å². The number of carbonyl (C=O) groups is 1. The number of para-hydroxylation sites is 2. The fourth-order valence-electron chi connectivity index (χ4n) is 4.91. The number of rotatable bonds is 6. The molecule has 0 radical (unpaired) electrons. The normalized spacial score (nSPS) is 15.3. The number of sulfone groups is 1. The summed E-state index contributed by atoms with van der Waals surface area (Å²) in [4.78, 5) is 22.9. The number of ether oxygens (including phenoxy) is 1. The fraction of sp³-hybridized carbons (Fsp3) is 0.360. The summed E-state index contributed by atoms with van der Waals surface area (Å²) in [5, 5.41) is 1.17. The van der Waals surface area contributed by atoms with E-state index >= 15 is 0 Å². The number of hydrogen-bond acceptors (Lipinski definition) is 5. The van der Waals surface area contributed by atoms with E-state index in [0.717, 1.165) is 29.6 Å². The van der Waals surface area contributed by atoms with Crippen molar-refractivity contribution in [1.29, 1.82) is 0 Å². The van der Waals surface area contributed by atoms with Gasteiger partial charge in [-0.3, -0.25) is 4.79 Å². The first kappa shape index (κ1) is 22.5. The van der Waals surface area contributed by atoms with E-state index in [1.54, 1.807) is 11.7 Å². The average molecular weight is 481 g/mol. The number of nitrogens with zero attached hydrogens (tertiary/aromatic N) is 3. The molecule has 178 valence electrons. The van der Waals surface area contributed by atoms with Crippen LogP contribution in [0.1, 0.15) is 30.1 Å². The zero-order valence-corrected chi connectivity index (χ0v) is 20.1. The number of benzene rings is 2. The number of imidazole rings is 1. The fourth-order valence-corrected chi connectivity index (χ4v) is 5.60. The molecule has 0 spiro atoms. The number of fused-ring (bicyclic) bond motifs is 2. The maximum atomic E-state index is 13.2. The second kappa shape index (κ2) is 8.79. The molecule has 1 aliphatic heterocycles. The summed E-state index contributed by atoms with van der Waals surface area (Å²) in [5.74, 6) is 1.39. The van der Waals surface area contributed by atoms with E-state index in [1.165, 1.54) is 17.2 Å². The highest BCUT2D eigenvalue weighted by atomic mass is 32.2. The lowest BCUT2D eigenvalue weighted by Gasteiger charge is -2.32. The van der Waals surface area contributed by atoms with Crippen LogP contribution in [0.4, 0.5) is 0 Å².